The summed E-state index contributed by atoms with van der Waals surface area (Å²) in [6.07, 6.45) is -3.77. The van der Waals surface area contributed by atoms with Crippen LogP contribution in [0.25, 0.3) is 0 Å². The Morgan fingerprint density at radius 1 is 1.11 bits per heavy atom. The number of aryl methyl sites for hydroxylation is 1. The summed E-state index contributed by atoms with van der Waals surface area (Å²) in [5, 5.41) is 21.1. The lowest BCUT2D eigenvalue weighted by Gasteiger charge is -2.44. The number of carboxylic acid groups (broad SMARTS) is 2. The normalized spacial score (nSPS) is 21.8. The van der Waals surface area contributed by atoms with Crippen molar-refractivity contribution in [3.63, 3.8) is 0 Å². The molecule has 1 saturated carbocycles. The molecule has 0 aromatic carbocycles. The lowest BCUT2D eigenvalue weighted by atomic mass is 9.77. The van der Waals surface area contributed by atoms with Crippen molar-refractivity contribution < 1.29 is 50.9 Å². The zero-order valence-corrected chi connectivity index (χ0v) is 21.4. The van der Waals surface area contributed by atoms with E-state index >= 15 is 0 Å². The standard InChI is InChI=1S/C18H29N3OS.2C2HF3O2/c1-13(2)10-19-15-4-7-18(8-5-15)9-6-17(22)21(18)11-16-12-23-14(3)20-16;2*3-2(4,5)1(6)7/h12-13,15,19H,4-11H2,1-3H3;2*(H,6,7). The van der Waals surface area contributed by atoms with Crippen molar-refractivity contribution >= 4 is 29.2 Å². The maximum atomic E-state index is 12.4. The molecule has 3 rings (SSSR count). The number of rotatable bonds is 5. The topological polar surface area (TPSA) is 120 Å². The van der Waals surface area contributed by atoms with Gasteiger partial charge in [-0.2, -0.15) is 26.3 Å². The molecular formula is C22H31F6N3O5S. The number of carbonyl (C=O) groups excluding carboxylic acids is 1. The number of carbonyl (C=O) groups is 3. The van der Waals surface area contributed by atoms with Crippen molar-refractivity contribution in [3.05, 3.63) is 16.1 Å². The molecule has 37 heavy (non-hydrogen) atoms. The Kier molecular flexibility index (Phi) is 11.8. The predicted molar refractivity (Wildman–Crippen MR) is 122 cm³/mol. The summed E-state index contributed by atoms with van der Waals surface area (Å²) in [6.45, 7) is 8.34. The van der Waals surface area contributed by atoms with Gasteiger partial charge in [0.1, 0.15) is 0 Å². The molecule has 1 aromatic rings. The summed E-state index contributed by atoms with van der Waals surface area (Å²) in [7, 11) is 0. The third-order valence-electron chi connectivity index (χ3n) is 5.88. The van der Waals surface area contributed by atoms with Gasteiger partial charge < -0.3 is 20.4 Å². The van der Waals surface area contributed by atoms with Crippen LogP contribution in [0.3, 0.4) is 0 Å². The first kappa shape index (κ1) is 32.6. The van der Waals surface area contributed by atoms with E-state index in [2.05, 4.69) is 34.4 Å². The van der Waals surface area contributed by atoms with Gasteiger partial charge in [0.05, 0.1) is 17.2 Å². The molecule has 3 N–H and O–H groups in total. The Morgan fingerprint density at radius 3 is 1.97 bits per heavy atom. The first-order valence-electron chi connectivity index (χ1n) is 11.4. The van der Waals surface area contributed by atoms with E-state index in [0.29, 0.717) is 30.8 Å². The van der Waals surface area contributed by atoms with Gasteiger partial charge in [-0.05, 0) is 51.5 Å². The molecule has 2 aliphatic rings. The second kappa shape index (κ2) is 13.4. The average molecular weight is 564 g/mol. The van der Waals surface area contributed by atoms with E-state index in [-0.39, 0.29) is 5.54 Å². The fourth-order valence-electron chi connectivity index (χ4n) is 4.05. The van der Waals surface area contributed by atoms with Crippen LogP contribution in [0, 0.1) is 12.8 Å². The van der Waals surface area contributed by atoms with Crippen LogP contribution in [0.2, 0.25) is 0 Å². The number of carboxylic acids is 2. The van der Waals surface area contributed by atoms with Crippen LogP contribution in [0.15, 0.2) is 5.38 Å². The molecule has 1 spiro atoms. The number of alkyl halides is 6. The largest absolute Gasteiger partial charge is 0.490 e. The van der Waals surface area contributed by atoms with E-state index in [1.165, 1.54) is 12.8 Å². The van der Waals surface area contributed by atoms with Gasteiger partial charge in [-0.3, -0.25) is 4.79 Å². The minimum Gasteiger partial charge on any atom is -0.475 e. The number of thiazole rings is 1. The van der Waals surface area contributed by atoms with Gasteiger partial charge in [-0.25, -0.2) is 14.6 Å². The third-order valence-corrected chi connectivity index (χ3v) is 6.70. The average Bonchev–Trinajstić information content (AvgIpc) is 3.31. The van der Waals surface area contributed by atoms with Crippen LogP contribution in [0.1, 0.15) is 63.1 Å². The Balaban J connectivity index is 0.000000404. The van der Waals surface area contributed by atoms with E-state index in [9.17, 15) is 31.1 Å². The Bertz CT molecular complexity index is 887. The summed E-state index contributed by atoms with van der Waals surface area (Å²) in [4.78, 5) is 36.9. The number of amides is 1. The number of aromatic nitrogens is 1. The molecule has 0 atom stereocenters. The molecule has 0 radical (unpaired) electrons. The fraction of sp³-hybridized carbons (Fsp3) is 0.727. The van der Waals surface area contributed by atoms with Crippen molar-refractivity contribution in [2.75, 3.05) is 6.54 Å². The smallest absolute Gasteiger partial charge is 0.475 e. The van der Waals surface area contributed by atoms with Crippen LogP contribution in [-0.2, 0) is 20.9 Å². The van der Waals surface area contributed by atoms with E-state index in [4.69, 9.17) is 19.8 Å². The van der Waals surface area contributed by atoms with Gasteiger partial charge in [-0.1, -0.05) is 13.8 Å². The molecular weight excluding hydrogens is 532 g/mol. The molecule has 2 heterocycles. The van der Waals surface area contributed by atoms with E-state index in [0.717, 1.165) is 36.5 Å². The second-order valence-corrected chi connectivity index (χ2v) is 10.3. The molecule has 1 saturated heterocycles. The summed E-state index contributed by atoms with van der Waals surface area (Å²) in [6, 6.07) is 0.627. The summed E-state index contributed by atoms with van der Waals surface area (Å²) >= 11 is 1.67. The fourth-order valence-corrected chi connectivity index (χ4v) is 4.66. The highest BCUT2D eigenvalue weighted by atomic mass is 32.1. The van der Waals surface area contributed by atoms with E-state index in [1.807, 2.05) is 6.92 Å². The number of aliphatic carboxylic acids is 2. The summed E-state index contributed by atoms with van der Waals surface area (Å²) in [5.74, 6) is -4.49. The van der Waals surface area contributed by atoms with Crippen molar-refractivity contribution in [1.29, 1.82) is 0 Å². The number of nitrogens with zero attached hydrogens (tertiary/aromatic N) is 2. The Morgan fingerprint density at radius 2 is 1.59 bits per heavy atom. The SMILES string of the molecule is Cc1nc(CN2C(=O)CCC23CCC(NCC(C)C)CC3)cs1.O=C(O)C(F)(F)F.O=C(O)C(F)(F)F. The Labute approximate surface area is 214 Å². The first-order valence-corrected chi connectivity index (χ1v) is 12.3. The molecule has 1 aliphatic heterocycles. The van der Waals surface area contributed by atoms with Crippen LogP contribution in [-0.4, -0.2) is 68.4 Å². The van der Waals surface area contributed by atoms with Gasteiger partial charge in [0.2, 0.25) is 5.91 Å². The maximum absolute atomic E-state index is 12.4. The van der Waals surface area contributed by atoms with Crippen LogP contribution >= 0.6 is 11.3 Å². The van der Waals surface area contributed by atoms with Crippen LogP contribution in [0.5, 0.6) is 0 Å². The molecule has 1 aromatic heterocycles. The van der Waals surface area contributed by atoms with Gasteiger partial charge in [0, 0.05) is 23.4 Å². The molecule has 1 aliphatic carbocycles. The molecule has 212 valence electrons. The van der Waals surface area contributed by atoms with Crippen molar-refractivity contribution in [2.45, 2.75) is 89.8 Å². The number of hydrogen-bond acceptors (Lipinski definition) is 6. The number of likely N-dealkylation sites (tertiary alicyclic amines) is 1. The molecule has 0 bridgehead atoms. The van der Waals surface area contributed by atoms with Gasteiger partial charge in [-0.15, -0.1) is 11.3 Å². The Hall–Kier alpha value is -2.42. The first-order chi connectivity index (χ1) is 16.9. The van der Waals surface area contributed by atoms with Crippen molar-refractivity contribution in [3.8, 4) is 0 Å². The second-order valence-electron chi connectivity index (χ2n) is 9.24. The number of nitrogens with one attached hydrogen (secondary N) is 1. The van der Waals surface area contributed by atoms with Crippen LogP contribution in [0.4, 0.5) is 26.3 Å². The van der Waals surface area contributed by atoms with Gasteiger partial charge >= 0.3 is 24.3 Å². The van der Waals surface area contributed by atoms with Crippen LogP contribution < -0.4 is 5.32 Å². The molecule has 15 heteroatoms. The van der Waals surface area contributed by atoms with E-state index < -0.39 is 24.3 Å². The van der Waals surface area contributed by atoms with Gasteiger partial charge in [0.15, 0.2) is 0 Å². The molecule has 0 unspecified atom stereocenters. The maximum Gasteiger partial charge on any atom is 0.490 e. The summed E-state index contributed by atoms with van der Waals surface area (Å²) in [5.41, 5.74) is 1.16. The van der Waals surface area contributed by atoms with Gasteiger partial charge in [0.25, 0.3) is 0 Å². The molecule has 8 nitrogen and oxygen atoms in total. The van der Waals surface area contributed by atoms with E-state index in [1.54, 1.807) is 11.3 Å². The third kappa shape index (κ3) is 10.8. The highest BCUT2D eigenvalue weighted by Crippen LogP contribution is 2.43. The quantitative estimate of drug-likeness (QED) is 0.442. The minimum absolute atomic E-state index is 0.102. The molecule has 1 amide bonds. The summed E-state index contributed by atoms with van der Waals surface area (Å²) < 4.78 is 63.5. The van der Waals surface area contributed by atoms with Crippen molar-refractivity contribution in [2.24, 2.45) is 5.92 Å². The highest BCUT2D eigenvalue weighted by Gasteiger charge is 2.47. The predicted octanol–water partition coefficient (Wildman–Crippen LogP) is 4.77. The number of halogens is 6. The monoisotopic (exact) mass is 563 g/mol. The lowest BCUT2D eigenvalue weighted by Crippen LogP contribution is -2.50. The molecule has 2 fully saturated rings. The highest BCUT2D eigenvalue weighted by molar-refractivity contribution is 7.09. The van der Waals surface area contributed by atoms with Crippen molar-refractivity contribution in [1.82, 2.24) is 15.2 Å². The zero-order valence-electron chi connectivity index (χ0n) is 20.6. The minimum atomic E-state index is -5.08. The number of hydrogen-bond donors (Lipinski definition) is 3. The zero-order chi connectivity index (χ0) is 28.6. The lowest BCUT2D eigenvalue weighted by molar-refractivity contribution is -0.193.